The van der Waals surface area contributed by atoms with Gasteiger partial charge in [0.1, 0.15) is 5.82 Å². The van der Waals surface area contributed by atoms with E-state index in [-0.39, 0.29) is 11.7 Å². The first-order valence-corrected chi connectivity index (χ1v) is 6.04. The maximum Gasteiger partial charge on any atom is 0.231 e. The first kappa shape index (κ1) is 11.3. The van der Waals surface area contributed by atoms with Crippen LogP contribution in [0.3, 0.4) is 0 Å². The van der Waals surface area contributed by atoms with Crippen LogP contribution in [0.4, 0.5) is 4.39 Å². The van der Waals surface area contributed by atoms with Crippen molar-refractivity contribution < 1.29 is 8.91 Å². The summed E-state index contributed by atoms with van der Waals surface area (Å²) in [5, 5.41) is 7.22. The van der Waals surface area contributed by atoms with Crippen LogP contribution < -0.4 is 5.32 Å². The third-order valence-electron chi connectivity index (χ3n) is 3.36. The molecule has 4 nitrogen and oxygen atoms in total. The van der Waals surface area contributed by atoms with E-state index >= 15 is 0 Å². The number of hydrogen-bond acceptors (Lipinski definition) is 4. The van der Waals surface area contributed by atoms with Crippen LogP contribution in [-0.2, 0) is 0 Å². The number of halogens is 1. The minimum Gasteiger partial charge on any atom is -0.339 e. The number of benzene rings is 1. The number of hydrogen-bond donors (Lipinski definition) is 1. The molecule has 18 heavy (non-hydrogen) atoms. The first-order chi connectivity index (χ1) is 8.74. The molecule has 0 bridgehead atoms. The summed E-state index contributed by atoms with van der Waals surface area (Å²) in [6, 6.07) is 6.22. The molecule has 3 rings (SSSR count). The van der Waals surface area contributed by atoms with Crippen LogP contribution in [0, 0.1) is 11.7 Å². The SMILES string of the molecule is C[C@@H]1CNC[C@H]1c1nc(-c2cccc(F)c2)no1. The molecular formula is C13H14FN3O. The molecule has 0 spiro atoms. The summed E-state index contributed by atoms with van der Waals surface area (Å²) in [6.45, 7) is 3.96. The van der Waals surface area contributed by atoms with Gasteiger partial charge in [-0.3, -0.25) is 0 Å². The standard InChI is InChI=1S/C13H14FN3O/c1-8-6-15-7-11(8)13-16-12(17-18-13)9-3-2-4-10(14)5-9/h2-5,8,11,15H,6-7H2,1H3/t8-,11-/m1/s1. The average Bonchev–Trinajstić information content (AvgIpc) is 2.97. The largest absolute Gasteiger partial charge is 0.339 e. The van der Waals surface area contributed by atoms with E-state index in [2.05, 4.69) is 22.4 Å². The Morgan fingerprint density at radius 1 is 1.39 bits per heavy atom. The van der Waals surface area contributed by atoms with E-state index in [1.165, 1.54) is 12.1 Å². The molecule has 0 radical (unpaired) electrons. The van der Waals surface area contributed by atoms with Crippen molar-refractivity contribution in [3.8, 4) is 11.4 Å². The highest BCUT2D eigenvalue weighted by Crippen LogP contribution is 2.28. The number of nitrogens with one attached hydrogen (secondary N) is 1. The summed E-state index contributed by atoms with van der Waals surface area (Å²) >= 11 is 0. The Morgan fingerprint density at radius 2 is 2.28 bits per heavy atom. The van der Waals surface area contributed by atoms with Crippen molar-refractivity contribution in [2.75, 3.05) is 13.1 Å². The minimum atomic E-state index is -0.297. The molecular weight excluding hydrogens is 233 g/mol. The normalized spacial score (nSPS) is 23.4. The average molecular weight is 247 g/mol. The summed E-state index contributed by atoms with van der Waals surface area (Å²) in [4.78, 5) is 4.37. The summed E-state index contributed by atoms with van der Waals surface area (Å²) < 4.78 is 18.4. The van der Waals surface area contributed by atoms with Crippen molar-refractivity contribution in [3.05, 3.63) is 36.0 Å². The van der Waals surface area contributed by atoms with Crippen LogP contribution in [-0.4, -0.2) is 23.2 Å². The van der Waals surface area contributed by atoms with Crippen LogP contribution in [0.25, 0.3) is 11.4 Å². The molecule has 0 saturated carbocycles. The van der Waals surface area contributed by atoms with Crippen molar-refractivity contribution in [2.45, 2.75) is 12.8 Å². The van der Waals surface area contributed by atoms with Crippen molar-refractivity contribution in [1.29, 1.82) is 0 Å². The van der Waals surface area contributed by atoms with E-state index < -0.39 is 0 Å². The molecule has 1 aliphatic rings. The van der Waals surface area contributed by atoms with Crippen molar-refractivity contribution >= 4 is 0 Å². The Kier molecular flexibility index (Phi) is 2.83. The predicted octanol–water partition coefficient (Wildman–Crippen LogP) is 2.20. The smallest absolute Gasteiger partial charge is 0.231 e. The first-order valence-electron chi connectivity index (χ1n) is 6.04. The van der Waals surface area contributed by atoms with Gasteiger partial charge in [-0.25, -0.2) is 4.39 Å². The highest BCUT2D eigenvalue weighted by atomic mass is 19.1. The molecule has 1 fully saturated rings. The fourth-order valence-corrected chi connectivity index (χ4v) is 2.27. The lowest BCUT2D eigenvalue weighted by Gasteiger charge is -2.07. The van der Waals surface area contributed by atoms with Crippen LogP contribution in [0.5, 0.6) is 0 Å². The van der Waals surface area contributed by atoms with Gasteiger partial charge in [0, 0.05) is 12.1 Å². The Balaban J connectivity index is 1.89. The van der Waals surface area contributed by atoms with Gasteiger partial charge in [0.25, 0.3) is 0 Å². The molecule has 1 aromatic heterocycles. The lowest BCUT2D eigenvalue weighted by atomic mass is 9.98. The topological polar surface area (TPSA) is 51.0 Å². The van der Waals surface area contributed by atoms with Gasteiger partial charge in [-0.2, -0.15) is 4.98 Å². The Morgan fingerprint density at radius 3 is 3.00 bits per heavy atom. The predicted molar refractivity (Wildman–Crippen MR) is 64.5 cm³/mol. The second-order valence-electron chi connectivity index (χ2n) is 4.71. The summed E-state index contributed by atoms with van der Waals surface area (Å²) in [7, 11) is 0. The molecule has 1 aliphatic heterocycles. The summed E-state index contributed by atoms with van der Waals surface area (Å²) in [6.07, 6.45) is 0. The molecule has 2 aromatic rings. The van der Waals surface area contributed by atoms with Crippen LogP contribution in [0.2, 0.25) is 0 Å². The van der Waals surface area contributed by atoms with Crippen molar-refractivity contribution in [2.24, 2.45) is 5.92 Å². The molecule has 94 valence electrons. The summed E-state index contributed by atoms with van der Waals surface area (Å²) in [5.41, 5.74) is 0.642. The molecule has 1 aromatic carbocycles. The quantitative estimate of drug-likeness (QED) is 0.883. The zero-order valence-corrected chi connectivity index (χ0v) is 10.1. The zero-order chi connectivity index (χ0) is 12.5. The third kappa shape index (κ3) is 2.01. The lowest BCUT2D eigenvalue weighted by molar-refractivity contribution is 0.340. The second kappa shape index (κ2) is 4.49. The lowest BCUT2D eigenvalue weighted by Crippen LogP contribution is -2.08. The van der Waals surface area contributed by atoms with Gasteiger partial charge in [-0.15, -0.1) is 0 Å². The van der Waals surface area contributed by atoms with Crippen LogP contribution in [0.1, 0.15) is 18.7 Å². The Bertz CT molecular complexity index is 555. The maximum atomic E-state index is 13.1. The molecule has 2 atom stereocenters. The molecule has 1 saturated heterocycles. The number of rotatable bonds is 2. The van der Waals surface area contributed by atoms with E-state index in [0.717, 1.165) is 13.1 Å². The Labute approximate surface area is 104 Å². The van der Waals surface area contributed by atoms with E-state index in [1.54, 1.807) is 12.1 Å². The highest BCUT2D eigenvalue weighted by molar-refractivity contribution is 5.53. The Hall–Kier alpha value is -1.75. The molecule has 0 unspecified atom stereocenters. The van der Waals surface area contributed by atoms with Gasteiger partial charge in [-0.05, 0) is 24.6 Å². The van der Waals surface area contributed by atoms with Gasteiger partial charge in [0.05, 0.1) is 5.92 Å². The van der Waals surface area contributed by atoms with E-state index in [9.17, 15) is 4.39 Å². The van der Waals surface area contributed by atoms with E-state index in [0.29, 0.717) is 23.2 Å². The zero-order valence-electron chi connectivity index (χ0n) is 10.1. The van der Waals surface area contributed by atoms with Crippen LogP contribution in [0.15, 0.2) is 28.8 Å². The third-order valence-corrected chi connectivity index (χ3v) is 3.36. The number of nitrogens with zero attached hydrogens (tertiary/aromatic N) is 2. The maximum absolute atomic E-state index is 13.1. The minimum absolute atomic E-state index is 0.250. The van der Waals surface area contributed by atoms with Gasteiger partial charge in [-0.1, -0.05) is 24.2 Å². The fourth-order valence-electron chi connectivity index (χ4n) is 2.27. The van der Waals surface area contributed by atoms with E-state index in [1.807, 2.05) is 0 Å². The van der Waals surface area contributed by atoms with Crippen molar-refractivity contribution in [1.82, 2.24) is 15.5 Å². The number of aromatic nitrogens is 2. The highest BCUT2D eigenvalue weighted by Gasteiger charge is 2.29. The fraction of sp³-hybridized carbons (Fsp3) is 0.385. The van der Waals surface area contributed by atoms with E-state index in [4.69, 9.17) is 4.52 Å². The monoisotopic (exact) mass is 247 g/mol. The molecule has 0 aliphatic carbocycles. The van der Waals surface area contributed by atoms with Gasteiger partial charge in [0.2, 0.25) is 11.7 Å². The van der Waals surface area contributed by atoms with Gasteiger partial charge < -0.3 is 9.84 Å². The molecule has 5 heteroatoms. The molecule has 1 N–H and O–H groups in total. The molecule has 2 heterocycles. The van der Waals surface area contributed by atoms with Crippen LogP contribution >= 0.6 is 0 Å². The van der Waals surface area contributed by atoms with Crippen molar-refractivity contribution in [3.63, 3.8) is 0 Å². The van der Waals surface area contributed by atoms with Gasteiger partial charge in [0.15, 0.2) is 0 Å². The second-order valence-corrected chi connectivity index (χ2v) is 4.71. The molecule has 0 amide bonds. The summed E-state index contributed by atoms with van der Waals surface area (Å²) in [5.74, 6) is 1.51. The van der Waals surface area contributed by atoms with Gasteiger partial charge >= 0.3 is 0 Å².